The van der Waals surface area contributed by atoms with Crippen molar-refractivity contribution in [1.29, 1.82) is 0 Å². The number of hydrogen-bond donors (Lipinski definition) is 1. The highest BCUT2D eigenvalue weighted by atomic mass is 16.5. The zero-order valence-electron chi connectivity index (χ0n) is 12.0. The van der Waals surface area contributed by atoms with E-state index >= 15 is 0 Å². The van der Waals surface area contributed by atoms with Gasteiger partial charge in [-0.05, 0) is 24.1 Å². The summed E-state index contributed by atoms with van der Waals surface area (Å²) in [6, 6.07) is 17.5. The monoisotopic (exact) mass is 282 g/mol. The van der Waals surface area contributed by atoms with Crippen molar-refractivity contribution in [1.82, 2.24) is 5.43 Å². The summed E-state index contributed by atoms with van der Waals surface area (Å²) in [5.41, 5.74) is 4.59. The maximum absolute atomic E-state index is 11.6. The van der Waals surface area contributed by atoms with Gasteiger partial charge >= 0.3 is 0 Å². The largest absolute Gasteiger partial charge is 0.483 e. The first-order valence-electron chi connectivity index (χ1n) is 6.78. The normalized spacial score (nSPS) is 10.5. The van der Waals surface area contributed by atoms with E-state index in [0.29, 0.717) is 12.2 Å². The maximum Gasteiger partial charge on any atom is 0.277 e. The summed E-state index contributed by atoms with van der Waals surface area (Å²) < 4.78 is 5.43. The highest BCUT2D eigenvalue weighted by Crippen LogP contribution is 2.15. The van der Waals surface area contributed by atoms with E-state index in [-0.39, 0.29) is 12.5 Å². The number of carbonyl (C=O) groups excluding carboxylic acids is 1. The van der Waals surface area contributed by atoms with E-state index < -0.39 is 0 Å². The number of hydrogen-bond acceptors (Lipinski definition) is 3. The van der Waals surface area contributed by atoms with Gasteiger partial charge in [-0.3, -0.25) is 4.79 Å². The van der Waals surface area contributed by atoms with Gasteiger partial charge in [0.2, 0.25) is 0 Å². The highest BCUT2D eigenvalue weighted by molar-refractivity contribution is 5.78. The van der Waals surface area contributed by atoms with E-state index in [4.69, 9.17) is 4.74 Å². The summed E-state index contributed by atoms with van der Waals surface area (Å²) in [6.07, 6.45) is 2.35. The molecule has 0 bridgehead atoms. The highest BCUT2D eigenvalue weighted by Gasteiger charge is 2.02. The quantitative estimate of drug-likeness (QED) is 0.654. The molecule has 2 aromatic carbocycles. The number of benzene rings is 2. The van der Waals surface area contributed by atoms with Crippen LogP contribution in [0.15, 0.2) is 59.7 Å². The molecule has 1 amide bonds. The first-order valence-corrected chi connectivity index (χ1v) is 6.78. The minimum atomic E-state index is -0.275. The lowest BCUT2D eigenvalue weighted by Crippen LogP contribution is -2.24. The standard InChI is InChI=1S/C17H18N2O2/c1-14-7-5-6-10-16(14)21-13-17(20)19-18-12-11-15-8-3-2-4-9-15/h2-10,12H,11,13H2,1H3,(H,19,20). The number of rotatable bonds is 6. The average molecular weight is 282 g/mol. The van der Waals surface area contributed by atoms with Gasteiger partial charge in [0.1, 0.15) is 5.75 Å². The Hall–Kier alpha value is -2.62. The van der Waals surface area contributed by atoms with Crippen molar-refractivity contribution < 1.29 is 9.53 Å². The van der Waals surface area contributed by atoms with Crippen LogP contribution in [0.2, 0.25) is 0 Å². The summed E-state index contributed by atoms with van der Waals surface area (Å²) in [4.78, 5) is 11.6. The number of hydrazone groups is 1. The zero-order chi connectivity index (χ0) is 14.9. The molecular formula is C17H18N2O2. The third-order valence-corrected chi connectivity index (χ3v) is 2.90. The Morgan fingerprint density at radius 2 is 1.86 bits per heavy atom. The van der Waals surface area contributed by atoms with Crippen LogP contribution in [0, 0.1) is 6.92 Å². The molecule has 0 aliphatic carbocycles. The van der Waals surface area contributed by atoms with Crippen molar-refractivity contribution in [2.75, 3.05) is 6.61 Å². The van der Waals surface area contributed by atoms with Gasteiger partial charge in [0.15, 0.2) is 6.61 Å². The summed E-state index contributed by atoms with van der Waals surface area (Å²) in [7, 11) is 0. The van der Waals surface area contributed by atoms with Gasteiger partial charge in [-0.25, -0.2) is 5.43 Å². The Labute approximate surface area is 124 Å². The van der Waals surface area contributed by atoms with Crippen molar-refractivity contribution in [3.63, 3.8) is 0 Å². The Balaban J connectivity index is 1.71. The topological polar surface area (TPSA) is 50.7 Å². The van der Waals surface area contributed by atoms with Crippen molar-refractivity contribution in [2.45, 2.75) is 13.3 Å². The van der Waals surface area contributed by atoms with Gasteiger partial charge in [0.05, 0.1) is 0 Å². The lowest BCUT2D eigenvalue weighted by atomic mass is 10.2. The number of aryl methyl sites for hydroxylation is 1. The zero-order valence-corrected chi connectivity index (χ0v) is 12.0. The number of para-hydroxylation sites is 1. The van der Waals surface area contributed by atoms with E-state index in [1.54, 1.807) is 6.21 Å². The molecule has 0 aromatic heterocycles. The van der Waals surface area contributed by atoms with Crippen LogP contribution < -0.4 is 10.2 Å². The van der Waals surface area contributed by atoms with Gasteiger partial charge < -0.3 is 4.74 Å². The van der Waals surface area contributed by atoms with Crippen LogP contribution in [-0.2, 0) is 11.2 Å². The molecule has 0 saturated carbocycles. The second kappa shape index (κ2) is 7.85. The number of nitrogens with one attached hydrogen (secondary N) is 1. The van der Waals surface area contributed by atoms with Gasteiger partial charge in [-0.2, -0.15) is 5.10 Å². The number of carbonyl (C=O) groups is 1. The fraction of sp³-hybridized carbons (Fsp3) is 0.176. The van der Waals surface area contributed by atoms with Crippen molar-refractivity contribution in [2.24, 2.45) is 5.10 Å². The molecule has 0 atom stereocenters. The molecular weight excluding hydrogens is 264 g/mol. The van der Waals surface area contributed by atoms with E-state index in [9.17, 15) is 4.79 Å². The molecule has 2 aromatic rings. The minimum Gasteiger partial charge on any atom is -0.483 e. The van der Waals surface area contributed by atoms with Crippen LogP contribution in [0.1, 0.15) is 11.1 Å². The minimum absolute atomic E-state index is 0.0481. The second-order valence-corrected chi connectivity index (χ2v) is 4.59. The molecule has 0 aliphatic rings. The molecule has 21 heavy (non-hydrogen) atoms. The van der Waals surface area contributed by atoms with Gasteiger partial charge in [0.25, 0.3) is 5.91 Å². The molecule has 4 nitrogen and oxygen atoms in total. The SMILES string of the molecule is Cc1ccccc1OCC(=O)NN=CCc1ccccc1. The van der Waals surface area contributed by atoms with E-state index in [0.717, 1.165) is 11.1 Å². The molecule has 0 aliphatic heterocycles. The smallest absolute Gasteiger partial charge is 0.277 e. The molecule has 0 fully saturated rings. The Bertz CT molecular complexity index is 609. The fourth-order valence-corrected chi connectivity index (χ4v) is 1.78. The van der Waals surface area contributed by atoms with Crippen molar-refractivity contribution in [3.8, 4) is 5.75 Å². The molecule has 2 rings (SSSR count). The molecule has 0 unspecified atom stereocenters. The average Bonchev–Trinajstić information content (AvgIpc) is 2.52. The third-order valence-electron chi connectivity index (χ3n) is 2.90. The molecule has 0 radical (unpaired) electrons. The third kappa shape index (κ3) is 5.10. The van der Waals surface area contributed by atoms with Crippen LogP contribution in [0.25, 0.3) is 0 Å². The summed E-state index contributed by atoms with van der Waals surface area (Å²) in [6.45, 7) is 1.89. The van der Waals surface area contributed by atoms with E-state index in [2.05, 4.69) is 10.5 Å². The van der Waals surface area contributed by atoms with Gasteiger partial charge in [-0.15, -0.1) is 0 Å². The first-order chi connectivity index (χ1) is 10.3. The Morgan fingerprint density at radius 3 is 2.62 bits per heavy atom. The van der Waals surface area contributed by atoms with Crippen molar-refractivity contribution in [3.05, 3.63) is 65.7 Å². The predicted molar refractivity (Wildman–Crippen MR) is 83.5 cm³/mol. The summed E-state index contributed by atoms with van der Waals surface area (Å²) >= 11 is 0. The molecule has 0 spiro atoms. The molecule has 4 heteroatoms. The number of nitrogens with zero attached hydrogens (tertiary/aromatic N) is 1. The van der Waals surface area contributed by atoms with E-state index in [1.807, 2.05) is 61.5 Å². The van der Waals surface area contributed by atoms with Crippen LogP contribution in [0.3, 0.4) is 0 Å². The summed E-state index contributed by atoms with van der Waals surface area (Å²) in [5.74, 6) is 0.434. The molecule has 108 valence electrons. The number of amides is 1. The van der Waals surface area contributed by atoms with Crippen LogP contribution in [0.4, 0.5) is 0 Å². The van der Waals surface area contributed by atoms with Crippen molar-refractivity contribution >= 4 is 12.1 Å². The maximum atomic E-state index is 11.6. The molecule has 0 saturated heterocycles. The first kappa shape index (κ1) is 14.8. The van der Waals surface area contributed by atoms with Crippen LogP contribution in [-0.4, -0.2) is 18.7 Å². The predicted octanol–water partition coefficient (Wildman–Crippen LogP) is 2.72. The van der Waals surface area contributed by atoms with Gasteiger partial charge in [-0.1, -0.05) is 48.5 Å². The Kier molecular flexibility index (Phi) is 5.52. The summed E-state index contributed by atoms with van der Waals surface area (Å²) in [5, 5.41) is 3.90. The molecule has 0 heterocycles. The second-order valence-electron chi connectivity index (χ2n) is 4.59. The van der Waals surface area contributed by atoms with Gasteiger partial charge in [0, 0.05) is 12.6 Å². The lowest BCUT2D eigenvalue weighted by Gasteiger charge is -2.07. The fourth-order valence-electron chi connectivity index (χ4n) is 1.78. The van der Waals surface area contributed by atoms with Crippen LogP contribution in [0.5, 0.6) is 5.75 Å². The lowest BCUT2D eigenvalue weighted by molar-refractivity contribution is -0.123. The Morgan fingerprint density at radius 1 is 1.14 bits per heavy atom. The number of ether oxygens (including phenoxy) is 1. The van der Waals surface area contributed by atoms with E-state index in [1.165, 1.54) is 0 Å². The van der Waals surface area contributed by atoms with Crippen LogP contribution >= 0.6 is 0 Å². The molecule has 1 N–H and O–H groups in total.